The van der Waals surface area contributed by atoms with Crippen LogP contribution in [0.25, 0.3) is 0 Å². The molecule has 1 heterocycles. The molecule has 0 aromatic carbocycles. The Labute approximate surface area is 71.5 Å². The molecular weight excluding hydrogens is 156 g/mol. The number of aromatic nitrogens is 3. The van der Waals surface area contributed by atoms with E-state index in [1.807, 2.05) is 13.8 Å². The molecule has 0 saturated heterocycles. The number of nitrogens with two attached hydrogens (primary N) is 1. The first kappa shape index (κ1) is 8.99. The molecule has 12 heavy (non-hydrogen) atoms. The van der Waals surface area contributed by atoms with E-state index in [2.05, 4.69) is 10.2 Å². The monoisotopic (exact) mass is 170 g/mol. The van der Waals surface area contributed by atoms with Crippen LogP contribution in [0, 0.1) is 0 Å². The van der Waals surface area contributed by atoms with Crippen LogP contribution in [-0.4, -0.2) is 27.7 Å². The second kappa shape index (κ2) is 4.06. The van der Waals surface area contributed by atoms with Gasteiger partial charge in [0, 0.05) is 0 Å². The molecule has 2 N–H and O–H groups in total. The third-order valence-corrected chi connectivity index (χ3v) is 1.30. The third-order valence-electron chi connectivity index (χ3n) is 1.30. The highest BCUT2D eigenvalue weighted by Crippen LogP contribution is 1.92. The summed E-state index contributed by atoms with van der Waals surface area (Å²) in [6, 6.07) is 0. The van der Waals surface area contributed by atoms with Crippen LogP contribution in [-0.2, 0) is 11.3 Å². The van der Waals surface area contributed by atoms with Gasteiger partial charge < -0.3 is 10.5 Å². The van der Waals surface area contributed by atoms with E-state index in [1.54, 1.807) is 0 Å². The Bertz CT molecular complexity index is 233. The van der Waals surface area contributed by atoms with E-state index in [1.165, 1.54) is 11.0 Å². The Balaban J connectivity index is 2.24. The zero-order chi connectivity index (χ0) is 8.97. The molecule has 0 saturated carbocycles. The van der Waals surface area contributed by atoms with Gasteiger partial charge in [0.1, 0.15) is 0 Å². The largest absolute Gasteiger partial charge is 0.381 e. The smallest absolute Gasteiger partial charge is 0.165 e. The molecular formula is C7H14N4O. The van der Waals surface area contributed by atoms with Crippen molar-refractivity contribution in [3.63, 3.8) is 0 Å². The zero-order valence-corrected chi connectivity index (χ0v) is 7.40. The van der Waals surface area contributed by atoms with Gasteiger partial charge in [-0.3, -0.25) is 0 Å². The van der Waals surface area contributed by atoms with Gasteiger partial charge >= 0.3 is 0 Å². The van der Waals surface area contributed by atoms with Gasteiger partial charge in [-0.05, 0) is 13.8 Å². The van der Waals surface area contributed by atoms with Crippen molar-refractivity contribution in [2.45, 2.75) is 26.5 Å². The van der Waals surface area contributed by atoms with Gasteiger partial charge in [-0.1, -0.05) is 0 Å². The Morgan fingerprint density at radius 1 is 1.67 bits per heavy atom. The third kappa shape index (κ3) is 2.87. The average molecular weight is 170 g/mol. The molecule has 5 nitrogen and oxygen atoms in total. The molecule has 0 amide bonds. The molecule has 0 atom stereocenters. The van der Waals surface area contributed by atoms with E-state index >= 15 is 0 Å². The van der Waals surface area contributed by atoms with Gasteiger partial charge in [-0.2, -0.15) is 9.90 Å². The Hall–Kier alpha value is -1.10. The van der Waals surface area contributed by atoms with Crippen LogP contribution in [0.2, 0.25) is 0 Å². The maximum absolute atomic E-state index is 5.37. The summed E-state index contributed by atoms with van der Waals surface area (Å²) in [5, 5.41) is 7.82. The molecule has 0 fully saturated rings. The minimum absolute atomic E-state index is 0.248. The van der Waals surface area contributed by atoms with Gasteiger partial charge in [-0.25, -0.2) is 0 Å². The Morgan fingerprint density at radius 2 is 2.42 bits per heavy atom. The first-order chi connectivity index (χ1) is 5.68. The normalized spacial score (nSPS) is 10.9. The van der Waals surface area contributed by atoms with Crippen LogP contribution in [0.5, 0.6) is 0 Å². The predicted octanol–water partition coefficient (Wildman–Crippen LogP) is 0.285. The maximum Gasteiger partial charge on any atom is 0.165 e. The van der Waals surface area contributed by atoms with Crippen LogP contribution in [0.1, 0.15) is 13.8 Å². The van der Waals surface area contributed by atoms with Crippen LogP contribution >= 0.6 is 0 Å². The average Bonchev–Trinajstić information content (AvgIpc) is 2.35. The number of ether oxygens (including phenoxy) is 1. The lowest BCUT2D eigenvalue weighted by Crippen LogP contribution is -2.12. The van der Waals surface area contributed by atoms with E-state index in [0.29, 0.717) is 19.0 Å². The lowest BCUT2D eigenvalue weighted by Gasteiger charge is -2.05. The first-order valence-corrected chi connectivity index (χ1v) is 3.95. The number of anilines is 1. The lowest BCUT2D eigenvalue weighted by atomic mass is 10.5. The van der Waals surface area contributed by atoms with E-state index in [-0.39, 0.29) is 6.10 Å². The molecule has 1 aromatic heterocycles. The van der Waals surface area contributed by atoms with Crippen molar-refractivity contribution >= 4 is 5.82 Å². The zero-order valence-electron chi connectivity index (χ0n) is 7.40. The van der Waals surface area contributed by atoms with Crippen LogP contribution in [0.4, 0.5) is 5.82 Å². The molecule has 1 rings (SSSR count). The fourth-order valence-corrected chi connectivity index (χ4v) is 0.789. The molecule has 0 bridgehead atoms. The minimum Gasteiger partial charge on any atom is -0.381 e. The van der Waals surface area contributed by atoms with E-state index in [4.69, 9.17) is 10.5 Å². The molecule has 1 aromatic rings. The van der Waals surface area contributed by atoms with Gasteiger partial charge in [0.25, 0.3) is 0 Å². The Morgan fingerprint density at radius 3 is 2.92 bits per heavy atom. The molecule has 0 unspecified atom stereocenters. The van der Waals surface area contributed by atoms with Gasteiger partial charge in [-0.15, -0.1) is 5.10 Å². The van der Waals surface area contributed by atoms with Crippen molar-refractivity contribution in [2.75, 3.05) is 12.3 Å². The maximum atomic E-state index is 5.37. The standard InChI is InChI=1S/C7H14N4O/c1-6(2)12-4-3-11-9-5-7(8)10-11/h5-6H,3-4H2,1-2H3,(H2,8,10). The second-order valence-electron chi connectivity index (χ2n) is 2.78. The molecule has 0 aliphatic heterocycles. The topological polar surface area (TPSA) is 66.0 Å². The Kier molecular flexibility index (Phi) is 3.04. The quantitative estimate of drug-likeness (QED) is 0.705. The lowest BCUT2D eigenvalue weighted by molar-refractivity contribution is 0.0688. The number of hydrogen-bond acceptors (Lipinski definition) is 4. The van der Waals surface area contributed by atoms with E-state index < -0.39 is 0 Å². The van der Waals surface area contributed by atoms with Crippen molar-refractivity contribution in [3.8, 4) is 0 Å². The molecule has 0 aliphatic rings. The van der Waals surface area contributed by atoms with Crippen molar-refractivity contribution in [1.29, 1.82) is 0 Å². The second-order valence-corrected chi connectivity index (χ2v) is 2.78. The highest BCUT2D eigenvalue weighted by molar-refractivity contribution is 5.19. The summed E-state index contributed by atoms with van der Waals surface area (Å²) in [6.07, 6.45) is 1.77. The van der Waals surface area contributed by atoms with Gasteiger partial charge in [0.05, 0.1) is 25.5 Å². The van der Waals surface area contributed by atoms with Crippen LogP contribution in [0.3, 0.4) is 0 Å². The number of hydrogen-bond donors (Lipinski definition) is 1. The van der Waals surface area contributed by atoms with Gasteiger partial charge in [0.15, 0.2) is 5.82 Å². The van der Waals surface area contributed by atoms with E-state index in [9.17, 15) is 0 Å². The van der Waals surface area contributed by atoms with E-state index in [0.717, 1.165) is 0 Å². The molecule has 0 aliphatic carbocycles. The van der Waals surface area contributed by atoms with Gasteiger partial charge in [0.2, 0.25) is 0 Å². The molecule has 0 spiro atoms. The summed E-state index contributed by atoms with van der Waals surface area (Å²) < 4.78 is 5.31. The summed E-state index contributed by atoms with van der Waals surface area (Å²) in [7, 11) is 0. The fraction of sp³-hybridized carbons (Fsp3) is 0.714. The highest BCUT2D eigenvalue weighted by Gasteiger charge is 1.97. The number of rotatable bonds is 4. The predicted molar refractivity (Wildman–Crippen MR) is 45.5 cm³/mol. The fourth-order valence-electron chi connectivity index (χ4n) is 0.789. The molecule has 0 radical (unpaired) electrons. The van der Waals surface area contributed by atoms with Crippen molar-refractivity contribution < 1.29 is 4.74 Å². The highest BCUT2D eigenvalue weighted by atomic mass is 16.5. The summed E-state index contributed by atoms with van der Waals surface area (Å²) >= 11 is 0. The molecule has 68 valence electrons. The minimum atomic E-state index is 0.248. The summed E-state index contributed by atoms with van der Waals surface area (Å²) in [4.78, 5) is 1.53. The number of nitrogens with zero attached hydrogens (tertiary/aromatic N) is 3. The summed E-state index contributed by atoms with van der Waals surface area (Å²) in [5.41, 5.74) is 5.37. The summed E-state index contributed by atoms with van der Waals surface area (Å²) in [6.45, 7) is 5.25. The SMILES string of the molecule is CC(C)OCCn1ncc(N)n1. The van der Waals surface area contributed by atoms with Crippen LogP contribution in [0.15, 0.2) is 6.20 Å². The first-order valence-electron chi connectivity index (χ1n) is 3.95. The van der Waals surface area contributed by atoms with Crippen molar-refractivity contribution in [2.24, 2.45) is 0 Å². The van der Waals surface area contributed by atoms with Crippen molar-refractivity contribution in [3.05, 3.63) is 6.20 Å². The summed E-state index contributed by atoms with van der Waals surface area (Å²) in [5.74, 6) is 0.444. The van der Waals surface area contributed by atoms with Crippen LogP contribution < -0.4 is 5.73 Å². The molecule has 5 heteroatoms. The van der Waals surface area contributed by atoms with Crippen molar-refractivity contribution in [1.82, 2.24) is 15.0 Å². The number of nitrogen functional groups attached to an aromatic ring is 1.